The number of esters is 1. The summed E-state index contributed by atoms with van der Waals surface area (Å²) in [6.45, 7) is 2.65. The summed E-state index contributed by atoms with van der Waals surface area (Å²) < 4.78 is 10.3. The van der Waals surface area contributed by atoms with Crippen molar-refractivity contribution in [2.45, 2.75) is 19.4 Å². The lowest BCUT2D eigenvalue weighted by atomic mass is 10.0. The van der Waals surface area contributed by atoms with Crippen molar-refractivity contribution in [1.29, 1.82) is 0 Å². The molecule has 148 valence electrons. The number of aryl methyl sites for hydroxylation is 1. The van der Waals surface area contributed by atoms with Gasteiger partial charge in [0.2, 0.25) is 0 Å². The highest BCUT2D eigenvalue weighted by molar-refractivity contribution is 14.0. The second-order valence-corrected chi connectivity index (χ2v) is 5.77. The number of halogens is 1. The van der Waals surface area contributed by atoms with Crippen molar-refractivity contribution < 1.29 is 19.1 Å². The first-order valence-electron chi connectivity index (χ1n) is 8.37. The van der Waals surface area contributed by atoms with Crippen LogP contribution < -0.4 is 10.6 Å². The Morgan fingerprint density at radius 2 is 2.00 bits per heavy atom. The number of aliphatic hydroxyl groups excluding tert-OH is 1. The third-order valence-electron chi connectivity index (χ3n) is 4.04. The number of aliphatic hydroxyl groups is 1. The Morgan fingerprint density at radius 3 is 2.59 bits per heavy atom. The van der Waals surface area contributed by atoms with Crippen LogP contribution in [0.2, 0.25) is 0 Å². The van der Waals surface area contributed by atoms with E-state index in [9.17, 15) is 9.90 Å². The number of carbonyl (C=O) groups is 1. The van der Waals surface area contributed by atoms with Gasteiger partial charge >= 0.3 is 5.97 Å². The molecule has 0 radical (unpaired) electrons. The van der Waals surface area contributed by atoms with Crippen LogP contribution in [-0.4, -0.2) is 44.3 Å². The smallest absolute Gasteiger partial charge is 0.341 e. The average Bonchev–Trinajstić information content (AvgIpc) is 3.05. The molecule has 27 heavy (non-hydrogen) atoms. The monoisotopic (exact) mass is 487 g/mol. The van der Waals surface area contributed by atoms with E-state index in [0.717, 1.165) is 5.56 Å². The number of aliphatic imine (C=N–C) groups is 1. The van der Waals surface area contributed by atoms with E-state index in [1.807, 2.05) is 30.3 Å². The summed E-state index contributed by atoms with van der Waals surface area (Å²) in [6, 6.07) is 11.5. The van der Waals surface area contributed by atoms with Gasteiger partial charge in [-0.2, -0.15) is 0 Å². The van der Waals surface area contributed by atoms with E-state index in [0.29, 0.717) is 36.1 Å². The number of hydrogen-bond acceptors (Lipinski definition) is 5. The van der Waals surface area contributed by atoms with Crippen LogP contribution in [0.25, 0.3) is 0 Å². The maximum Gasteiger partial charge on any atom is 0.341 e. The third-order valence-corrected chi connectivity index (χ3v) is 4.04. The zero-order valence-electron chi connectivity index (χ0n) is 15.7. The Labute approximate surface area is 176 Å². The Kier molecular flexibility index (Phi) is 9.87. The highest BCUT2D eigenvalue weighted by atomic mass is 127. The molecule has 0 aliphatic carbocycles. The van der Waals surface area contributed by atoms with Gasteiger partial charge in [-0.05, 0) is 18.6 Å². The van der Waals surface area contributed by atoms with Gasteiger partial charge in [-0.25, -0.2) is 4.79 Å². The molecule has 1 unspecified atom stereocenters. The summed E-state index contributed by atoms with van der Waals surface area (Å²) in [7, 11) is 3.00. The number of carbonyl (C=O) groups excluding carboxylic acids is 1. The first-order chi connectivity index (χ1) is 12.6. The van der Waals surface area contributed by atoms with Gasteiger partial charge in [-0.1, -0.05) is 30.3 Å². The first kappa shape index (κ1) is 23.0. The SMILES string of the molecule is CN=C(NCc1cc(C(=O)OC)c(C)o1)NCC(CO)c1ccccc1.I. The number of guanidine groups is 1. The molecule has 0 saturated heterocycles. The molecule has 3 N–H and O–H groups in total. The Morgan fingerprint density at radius 1 is 1.30 bits per heavy atom. The standard InChI is InChI=1S/C19H25N3O4.HI/c1-13-17(18(24)25-3)9-16(26-13)11-22-19(20-2)21-10-15(12-23)14-7-5-4-6-8-14;/h4-9,15,23H,10-12H2,1-3H3,(H2,20,21,22);1H. The number of nitrogens with zero attached hydrogens (tertiary/aromatic N) is 1. The van der Waals surface area contributed by atoms with Crippen LogP contribution in [0, 0.1) is 6.92 Å². The Balaban J connectivity index is 0.00000364. The number of hydrogen-bond donors (Lipinski definition) is 3. The van der Waals surface area contributed by atoms with E-state index in [1.165, 1.54) is 7.11 Å². The second kappa shape index (κ2) is 11.6. The molecule has 0 saturated carbocycles. The molecule has 0 bridgehead atoms. The van der Waals surface area contributed by atoms with Gasteiger partial charge in [0.25, 0.3) is 0 Å². The normalized spacial score (nSPS) is 12.1. The third kappa shape index (κ3) is 6.55. The number of rotatable bonds is 7. The van der Waals surface area contributed by atoms with Crippen molar-refractivity contribution in [3.05, 3.63) is 59.0 Å². The topological polar surface area (TPSA) is 96.1 Å². The molecule has 0 spiro atoms. The quantitative estimate of drug-likeness (QED) is 0.240. The molecule has 0 aliphatic rings. The van der Waals surface area contributed by atoms with E-state index in [4.69, 9.17) is 9.15 Å². The summed E-state index contributed by atoms with van der Waals surface area (Å²) in [5.41, 5.74) is 1.47. The summed E-state index contributed by atoms with van der Waals surface area (Å²) in [6.07, 6.45) is 0. The van der Waals surface area contributed by atoms with Crippen molar-refractivity contribution in [3.8, 4) is 0 Å². The van der Waals surface area contributed by atoms with Gasteiger partial charge < -0.3 is 24.9 Å². The molecule has 8 heteroatoms. The predicted octanol–water partition coefficient (Wildman–Crippen LogP) is 2.43. The number of ether oxygens (including phenoxy) is 1. The zero-order chi connectivity index (χ0) is 18.9. The number of benzene rings is 1. The highest BCUT2D eigenvalue weighted by Gasteiger charge is 2.16. The molecule has 2 aromatic rings. The molecule has 1 atom stereocenters. The summed E-state index contributed by atoms with van der Waals surface area (Å²) in [4.78, 5) is 15.8. The number of nitrogens with one attached hydrogen (secondary N) is 2. The van der Waals surface area contributed by atoms with Crippen molar-refractivity contribution in [2.75, 3.05) is 27.3 Å². The Hall–Kier alpha value is -2.07. The maximum absolute atomic E-state index is 11.6. The van der Waals surface area contributed by atoms with Gasteiger partial charge in [-0.3, -0.25) is 4.99 Å². The van der Waals surface area contributed by atoms with Gasteiger partial charge in [0, 0.05) is 19.5 Å². The second-order valence-electron chi connectivity index (χ2n) is 5.77. The van der Waals surface area contributed by atoms with Crippen molar-refractivity contribution >= 4 is 35.9 Å². The van der Waals surface area contributed by atoms with Crippen molar-refractivity contribution in [2.24, 2.45) is 4.99 Å². The summed E-state index contributed by atoms with van der Waals surface area (Å²) >= 11 is 0. The van der Waals surface area contributed by atoms with E-state index < -0.39 is 5.97 Å². The number of methoxy groups -OCH3 is 1. The van der Waals surface area contributed by atoms with E-state index in [1.54, 1.807) is 20.0 Å². The molecule has 0 aliphatic heterocycles. The zero-order valence-corrected chi connectivity index (χ0v) is 18.0. The highest BCUT2D eigenvalue weighted by Crippen LogP contribution is 2.16. The van der Waals surface area contributed by atoms with E-state index in [2.05, 4.69) is 15.6 Å². The van der Waals surface area contributed by atoms with Crippen LogP contribution in [0.3, 0.4) is 0 Å². The predicted molar refractivity (Wildman–Crippen MR) is 115 cm³/mol. The van der Waals surface area contributed by atoms with Crippen LogP contribution in [-0.2, 0) is 11.3 Å². The molecule has 7 nitrogen and oxygen atoms in total. The van der Waals surface area contributed by atoms with Gasteiger partial charge in [0.1, 0.15) is 17.1 Å². The summed E-state index contributed by atoms with van der Waals surface area (Å²) in [5, 5.41) is 15.9. The average molecular weight is 487 g/mol. The molecular formula is C19H26IN3O4. The van der Waals surface area contributed by atoms with Gasteiger partial charge in [-0.15, -0.1) is 24.0 Å². The van der Waals surface area contributed by atoms with Crippen LogP contribution in [0.15, 0.2) is 45.8 Å². The van der Waals surface area contributed by atoms with Crippen LogP contribution >= 0.6 is 24.0 Å². The molecule has 0 amide bonds. The van der Waals surface area contributed by atoms with Crippen molar-refractivity contribution in [3.63, 3.8) is 0 Å². The van der Waals surface area contributed by atoms with Gasteiger partial charge in [0.15, 0.2) is 5.96 Å². The summed E-state index contributed by atoms with van der Waals surface area (Å²) in [5.74, 6) is 1.24. The fourth-order valence-electron chi connectivity index (χ4n) is 2.57. The molecule has 2 rings (SSSR count). The van der Waals surface area contributed by atoms with Crippen molar-refractivity contribution in [1.82, 2.24) is 10.6 Å². The largest absolute Gasteiger partial charge is 0.465 e. The van der Waals surface area contributed by atoms with E-state index >= 15 is 0 Å². The molecule has 0 fully saturated rings. The van der Waals surface area contributed by atoms with Crippen LogP contribution in [0.5, 0.6) is 0 Å². The van der Waals surface area contributed by atoms with E-state index in [-0.39, 0.29) is 36.5 Å². The number of furan rings is 1. The fraction of sp³-hybridized carbons (Fsp3) is 0.368. The van der Waals surface area contributed by atoms with Crippen LogP contribution in [0.1, 0.15) is 33.4 Å². The lowest BCUT2D eigenvalue weighted by molar-refractivity contribution is 0.0599. The molecule has 1 aromatic heterocycles. The molecular weight excluding hydrogens is 461 g/mol. The minimum absolute atomic E-state index is 0. The first-order valence-corrected chi connectivity index (χ1v) is 8.37. The molecule has 1 heterocycles. The minimum Gasteiger partial charge on any atom is -0.465 e. The molecule has 1 aromatic carbocycles. The van der Waals surface area contributed by atoms with Crippen LogP contribution in [0.4, 0.5) is 0 Å². The lowest BCUT2D eigenvalue weighted by Crippen LogP contribution is -2.39. The lowest BCUT2D eigenvalue weighted by Gasteiger charge is -2.17. The maximum atomic E-state index is 11.6. The van der Waals surface area contributed by atoms with Gasteiger partial charge in [0.05, 0.1) is 20.3 Å². The minimum atomic E-state index is -0.423. The fourth-order valence-corrected chi connectivity index (χ4v) is 2.57. The Bertz CT molecular complexity index is 747.